The summed E-state index contributed by atoms with van der Waals surface area (Å²) in [5, 5.41) is 4.78. The van der Waals surface area contributed by atoms with Crippen LogP contribution in [0.4, 0.5) is 23.6 Å². The van der Waals surface area contributed by atoms with E-state index in [-0.39, 0.29) is 28.2 Å². The molecule has 1 aliphatic heterocycles. The summed E-state index contributed by atoms with van der Waals surface area (Å²) in [6.45, 7) is 3.93. The SMILES string of the molecule is CC1CNCCN1c1nc2cc(F)c(C(F)(F)F)c(-c3nccs3)c2o1. The van der Waals surface area contributed by atoms with Crippen molar-refractivity contribution in [2.24, 2.45) is 0 Å². The Kier molecular flexibility index (Phi) is 4.11. The molecule has 26 heavy (non-hydrogen) atoms. The molecule has 5 nitrogen and oxygen atoms in total. The largest absolute Gasteiger partial charge is 0.423 e. The van der Waals surface area contributed by atoms with E-state index in [1.54, 1.807) is 0 Å². The van der Waals surface area contributed by atoms with Crippen LogP contribution >= 0.6 is 11.3 Å². The average molecular weight is 386 g/mol. The number of thiazole rings is 1. The number of rotatable bonds is 2. The van der Waals surface area contributed by atoms with Gasteiger partial charge in [-0.05, 0) is 6.92 Å². The van der Waals surface area contributed by atoms with Gasteiger partial charge in [-0.25, -0.2) is 9.37 Å². The lowest BCUT2D eigenvalue weighted by Crippen LogP contribution is -2.50. The lowest BCUT2D eigenvalue weighted by atomic mass is 10.1. The number of hydrogen-bond acceptors (Lipinski definition) is 6. The van der Waals surface area contributed by atoms with E-state index in [0.717, 1.165) is 17.4 Å². The second kappa shape index (κ2) is 6.20. The fourth-order valence-electron chi connectivity index (χ4n) is 3.10. The predicted molar refractivity (Wildman–Crippen MR) is 89.8 cm³/mol. The van der Waals surface area contributed by atoms with E-state index in [1.807, 2.05) is 11.8 Å². The van der Waals surface area contributed by atoms with Crippen LogP contribution in [0.2, 0.25) is 0 Å². The number of anilines is 1. The first-order valence-electron chi connectivity index (χ1n) is 7.93. The summed E-state index contributed by atoms with van der Waals surface area (Å²) >= 11 is 0.986. The normalized spacial score (nSPS) is 18.7. The van der Waals surface area contributed by atoms with Gasteiger partial charge in [0, 0.05) is 43.3 Å². The summed E-state index contributed by atoms with van der Waals surface area (Å²) in [7, 11) is 0. The van der Waals surface area contributed by atoms with Crippen molar-refractivity contribution in [3.05, 3.63) is 29.0 Å². The molecule has 0 aliphatic carbocycles. The lowest BCUT2D eigenvalue weighted by Gasteiger charge is -2.32. The average Bonchev–Trinajstić information content (AvgIpc) is 3.22. The van der Waals surface area contributed by atoms with E-state index >= 15 is 0 Å². The summed E-state index contributed by atoms with van der Waals surface area (Å²) in [5.41, 5.74) is -1.84. The second-order valence-corrected chi connectivity index (χ2v) is 6.93. The number of piperazine rings is 1. The van der Waals surface area contributed by atoms with Crippen molar-refractivity contribution in [2.45, 2.75) is 19.1 Å². The predicted octanol–water partition coefficient (Wildman–Crippen LogP) is 3.91. The van der Waals surface area contributed by atoms with E-state index < -0.39 is 23.1 Å². The highest BCUT2D eigenvalue weighted by atomic mass is 32.1. The number of hydrogen-bond donors (Lipinski definition) is 1. The maximum absolute atomic E-state index is 14.3. The van der Waals surface area contributed by atoms with Gasteiger partial charge in [0.2, 0.25) is 0 Å². The molecule has 10 heteroatoms. The zero-order valence-electron chi connectivity index (χ0n) is 13.6. The number of benzene rings is 1. The Morgan fingerprint density at radius 2 is 2.19 bits per heavy atom. The van der Waals surface area contributed by atoms with Crippen LogP contribution in [0.3, 0.4) is 0 Å². The Hall–Kier alpha value is -2.20. The van der Waals surface area contributed by atoms with Crippen molar-refractivity contribution in [3.63, 3.8) is 0 Å². The molecule has 1 fully saturated rings. The van der Waals surface area contributed by atoms with Gasteiger partial charge in [0.05, 0.1) is 5.56 Å². The smallest absolute Gasteiger partial charge is 0.420 e. The number of nitrogens with one attached hydrogen (secondary N) is 1. The van der Waals surface area contributed by atoms with Crippen LogP contribution in [-0.2, 0) is 6.18 Å². The summed E-state index contributed by atoms with van der Waals surface area (Å²) in [5.74, 6) is -1.39. The van der Waals surface area contributed by atoms with Crippen molar-refractivity contribution in [3.8, 4) is 10.6 Å². The van der Waals surface area contributed by atoms with E-state index in [4.69, 9.17) is 4.42 Å². The lowest BCUT2D eigenvalue weighted by molar-refractivity contribution is -0.139. The molecule has 1 aromatic carbocycles. The Bertz CT molecular complexity index is 938. The molecule has 138 valence electrons. The minimum Gasteiger partial charge on any atom is -0.423 e. The number of oxazole rings is 1. The third-order valence-corrected chi connectivity index (χ3v) is 5.09. The molecule has 3 heterocycles. The van der Waals surface area contributed by atoms with E-state index in [0.29, 0.717) is 19.6 Å². The Labute approximate surface area is 149 Å². The second-order valence-electron chi connectivity index (χ2n) is 6.03. The summed E-state index contributed by atoms with van der Waals surface area (Å²) in [6.07, 6.45) is -3.51. The van der Waals surface area contributed by atoms with Crippen molar-refractivity contribution < 1.29 is 22.0 Å². The van der Waals surface area contributed by atoms with E-state index in [9.17, 15) is 17.6 Å². The number of alkyl halides is 3. The first kappa shape index (κ1) is 17.2. The molecule has 0 radical (unpaired) electrons. The molecule has 0 saturated carbocycles. The highest BCUT2D eigenvalue weighted by Crippen LogP contribution is 2.44. The molecule has 1 N–H and O–H groups in total. The van der Waals surface area contributed by atoms with Crippen molar-refractivity contribution >= 4 is 28.5 Å². The molecule has 1 unspecified atom stereocenters. The van der Waals surface area contributed by atoms with Gasteiger partial charge in [0.25, 0.3) is 6.01 Å². The zero-order valence-corrected chi connectivity index (χ0v) is 14.4. The molecule has 0 amide bonds. The number of aromatic nitrogens is 2. The summed E-state index contributed by atoms with van der Waals surface area (Å²) in [4.78, 5) is 10.0. The fraction of sp³-hybridized carbons (Fsp3) is 0.375. The van der Waals surface area contributed by atoms with Crippen molar-refractivity contribution in [1.82, 2.24) is 15.3 Å². The van der Waals surface area contributed by atoms with Crippen LogP contribution in [0.5, 0.6) is 0 Å². The quantitative estimate of drug-likeness (QED) is 0.677. The van der Waals surface area contributed by atoms with Gasteiger partial charge in [0.1, 0.15) is 21.9 Å². The molecule has 1 saturated heterocycles. The van der Waals surface area contributed by atoms with Gasteiger partial charge in [-0.3, -0.25) is 0 Å². The topological polar surface area (TPSA) is 54.2 Å². The third kappa shape index (κ3) is 2.82. The fourth-order valence-corrected chi connectivity index (χ4v) is 3.78. The summed E-state index contributed by atoms with van der Waals surface area (Å²) < 4.78 is 60.6. The molecular weight excluding hydrogens is 372 g/mol. The van der Waals surface area contributed by atoms with Crippen LogP contribution < -0.4 is 10.2 Å². The first-order chi connectivity index (χ1) is 12.4. The molecule has 4 rings (SSSR count). The highest BCUT2D eigenvalue weighted by molar-refractivity contribution is 7.13. The van der Waals surface area contributed by atoms with Crippen LogP contribution in [-0.4, -0.2) is 35.6 Å². The van der Waals surface area contributed by atoms with Crippen LogP contribution in [0.25, 0.3) is 21.7 Å². The van der Waals surface area contributed by atoms with Crippen LogP contribution in [0.1, 0.15) is 12.5 Å². The number of nitrogens with zero attached hydrogens (tertiary/aromatic N) is 3. The van der Waals surface area contributed by atoms with Crippen molar-refractivity contribution in [1.29, 1.82) is 0 Å². The number of halogens is 4. The minimum absolute atomic E-state index is 0.0397. The standard InChI is InChI=1S/C16H14F4N4OS/c1-8-7-21-2-4-24(8)15-23-10-6-9(17)12(16(18,19)20)11(13(10)25-15)14-22-3-5-26-14/h3,5-6,8,21H,2,4,7H2,1H3. The zero-order chi connectivity index (χ0) is 18.5. The van der Waals surface area contributed by atoms with Gasteiger partial charge >= 0.3 is 6.18 Å². The Morgan fingerprint density at radius 3 is 2.85 bits per heavy atom. The Morgan fingerprint density at radius 1 is 1.38 bits per heavy atom. The molecule has 1 atom stereocenters. The van der Waals surface area contributed by atoms with E-state index in [2.05, 4.69) is 15.3 Å². The van der Waals surface area contributed by atoms with Gasteiger partial charge < -0.3 is 14.6 Å². The monoisotopic (exact) mass is 386 g/mol. The maximum Gasteiger partial charge on any atom is 0.420 e. The van der Waals surface area contributed by atoms with Crippen LogP contribution in [0, 0.1) is 5.82 Å². The third-order valence-electron chi connectivity index (χ3n) is 4.30. The molecule has 0 spiro atoms. The molecular formula is C16H14F4N4OS. The minimum atomic E-state index is -4.88. The molecule has 0 bridgehead atoms. The first-order valence-corrected chi connectivity index (χ1v) is 8.81. The van der Waals surface area contributed by atoms with Gasteiger partial charge in [-0.15, -0.1) is 11.3 Å². The van der Waals surface area contributed by atoms with Crippen molar-refractivity contribution in [2.75, 3.05) is 24.5 Å². The Balaban J connectivity index is 1.96. The highest BCUT2D eigenvalue weighted by Gasteiger charge is 2.40. The maximum atomic E-state index is 14.3. The van der Waals surface area contributed by atoms with Gasteiger partial charge in [0.15, 0.2) is 5.58 Å². The number of fused-ring (bicyclic) bond motifs is 1. The summed E-state index contributed by atoms with van der Waals surface area (Å²) in [6, 6.07) is 1.01. The van der Waals surface area contributed by atoms with Gasteiger partial charge in [-0.1, -0.05) is 0 Å². The molecule has 1 aliphatic rings. The molecule has 2 aromatic heterocycles. The van der Waals surface area contributed by atoms with Gasteiger partial charge in [-0.2, -0.15) is 18.2 Å². The van der Waals surface area contributed by atoms with Crippen LogP contribution in [0.15, 0.2) is 22.1 Å². The molecule has 3 aromatic rings. The van der Waals surface area contributed by atoms with E-state index in [1.165, 1.54) is 11.6 Å².